The molecule has 19 heavy (non-hydrogen) atoms. The fourth-order valence-electron chi connectivity index (χ4n) is 2.07. The van der Waals surface area contributed by atoms with Crippen LogP contribution in [0.2, 0.25) is 0 Å². The summed E-state index contributed by atoms with van der Waals surface area (Å²) < 4.78 is 34.6. The molecule has 1 saturated heterocycles. The summed E-state index contributed by atoms with van der Waals surface area (Å²) in [5.74, 6) is 0.167. The van der Waals surface area contributed by atoms with Crippen molar-refractivity contribution in [1.29, 1.82) is 0 Å². The van der Waals surface area contributed by atoms with E-state index in [9.17, 15) is 8.78 Å². The predicted octanol–water partition coefficient (Wildman–Crippen LogP) is 3.12. The number of ether oxygens (including phenoxy) is 2. The average molecular weight is 271 g/mol. The average Bonchev–Trinajstić information content (AvgIpc) is 2.39. The third-order valence-electron chi connectivity index (χ3n) is 3.55. The fraction of sp³-hybridized carbons (Fsp3) is 0.571. The van der Waals surface area contributed by atoms with E-state index in [4.69, 9.17) is 4.74 Å². The molecule has 106 valence electrons. The third-order valence-corrected chi connectivity index (χ3v) is 3.55. The van der Waals surface area contributed by atoms with E-state index in [1.165, 1.54) is 6.07 Å². The highest BCUT2D eigenvalue weighted by Crippen LogP contribution is 2.27. The van der Waals surface area contributed by atoms with E-state index >= 15 is 0 Å². The van der Waals surface area contributed by atoms with Crippen molar-refractivity contribution in [1.82, 2.24) is 5.32 Å². The van der Waals surface area contributed by atoms with Crippen molar-refractivity contribution in [3.8, 4) is 5.75 Å². The molecular formula is C14H19F2NO2. The summed E-state index contributed by atoms with van der Waals surface area (Å²) in [7, 11) is 0. The third kappa shape index (κ3) is 3.64. The Hall–Kier alpha value is -1.20. The maximum absolute atomic E-state index is 12.2. The number of hydrogen-bond acceptors (Lipinski definition) is 3. The van der Waals surface area contributed by atoms with Crippen LogP contribution in [0.1, 0.15) is 31.9 Å². The zero-order chi connectivity index (χ0) is 13.9. The first-order valence-electron chi connectivity index (χ1n) is 6.44. The van der Waals surface area contributed by atoms with Crippen LogP contribution in [0.3, 0.4) is 0 Å². The maximum atomic E-state index is 12.2. The second-order valence-corrected chi connectivity index (χ2v) is 5.05. The van der Waals surface area contributed by atoms with Crippen LogP contribution in [0.4, 0.5) is 8.78 Å². The molecule has 0 aromatic heterocycles. The quantitative estimate of drug-likeness (QED) is 0.912. The number of rotatable bonds is 4. The van der Waals surface area contributed by atoms with Gasteiger partial charge >= 0.3 is 6.61 Å². The van der Waals surface area contributed by atoms with Crippen LogP contribution in [-0.4, -0.2) is 25.3 Å². The highest BCUT2D eigenvalue weighted by atomic mass is 19.3. The van der Waals surface area contributed by atoms with Gasteiger partial charge in [0, 0.05) is 12.1 Å². The monoisotopic (exact) mass is 271 g/mol. The standard InChI is InChI=1S/C14H19F2NO2/c1-3-14(2)9-18-12(8-17-14)10-5-4-6-11(7-10)19-13(15)16/h4-7,12-13,17H,3,8-9H2,1-2H3. The second-order valence-electron chi connectivity index (χ2n) is 5.05. The van der Waals surface area contributed by atoms with E-state index < -0.39 is 6.61 Å². The van der Waals surface area contributed by atoms with Gasteiger partial charge in [-0.25, -0.2) is 0 Å². The Morgan fingerprint density at radius 1 is 1.53 bits per heavy atom. The first-order chi connectivity index (χ1) is 9.02. The lowest BCUT2D eigenvalue weighted by molar-refractivity contribution is -0.0506. The fourth-order valence-corrected chi connectivity index (χ4v) is 2.07. The molecule has 1 aliphatic heterocycles. The number of alkyl halides is 2. The van der Waals surface area contributed by atoms with Crippen molar-refractivity contribution >= 4 is 0 Å². The van der Waals surface area contributed by atoms with E-state index in [2.05, 4.69) is 23.9 Å². The summed E-state index contributed by atoms with van der Waals surface area (Å²) in [5, 5.41) is 3.44. The molecule has 0 radical (unpaired) electrons. The minimum Gasteiger partial charge on any atom is -0.435 e. The van der Waals surface area contributed by atoms with Crippen LogP contribution in [-0.2, 0) is 4.74 Å². The Balaban J connectivity index is 2.03. The van der Waals surface area contributed by atoms with Gasteiger partial charge in [-0.05, 0) is 31.0 Å². The Labute approximate surface area is 111 Å². The smallest absolute Gasteiger partial charge is 0.387 e. The lowest BCUT2D eigenvalue weighted by atomic mass is 9.96. The summed E-state index contributed by atoms with van der Waals surface area (Å²) >= 11 is 0. The molecule has 1 heterocycles. The zero-order valence-corrected chi connectivity index (χ0v) is 11.2. The van der Waals surface area contributed by atoms with Gasteiger partial charge in [0.15, 0.2) is 0 Å². The van der Waals surface area contributed by atoms with Crippen LogP contribution in [0, 0.1) is 0 Å². The van der Waals surface area contributed by atoms with E-state index in [-0.39, 0.29) is 17.4 Å². The lowest BCUT2D eigenvalue weighted by Gasteiger charge is -2.38. The molecule has 1 fully saturated rings. The van der Waals surface area contributed by atoms with Crippen molar-refractivity contribution in [3.63, 3.8) is 0 Å². The number of morpholine rings is 1. The topological polar surface area (TPSA) is 30.5 Å². The molecule has 1 aromatic carbocycles. The van der Waals surface area contributed by atoms with E-state index in [1.54, 1.807) is 12.1 Å². The molecule has 0 saturated carbocycles. The molecule has 0 bridgehead atoms. The van der Waals surface area contributed by atoms with Gasteiger partial charge in [-0.3, -0.25) is 0 Å². The molecule has 1 aliphatic rings. The normalized spacial score (nSPS) is 27.5. The van der Waals surface area contributed by atoms with Crippen molar-refractivity contribution in [2.75, 3.05) is 13.2 Å². The summed E-state index contributed by atoms with van der Waals surface area (Å²) in [4.78, 5) is 0. The molecule has 2 atom stereocenters. The van der Waals surface area contributed by atoms with Crippen LogP contribution in [0.25, 0.3) is 0 Å². The van der Waals surface area contributed by atoms with Gasteiger partial charge in [0.1, 0.15) is 5.75 Å². The van der Waals surface area contributed by atoms with Gasteiger partial charge in [-0.15, -0.1) is 0 Å². The predicted molar refractivity (Wildman–Crippen MR) is 68.5 cm³/mol. The first-order valence-corrected chi connectivity index (χ1v) is 6.44. The lowest BCUT2D eigenvalue weighted by Crippen LogP contribution is -2.52. The van der Waals surface area contributed by atoms with Crippen molar-refractivity contribution < 1.29 is 18.3 Å². The molecule has 3 nitrogen and oxygen atoms in total. The molecule has 2 rings (SSSR count). The summed E-state index contributed by atoms with van der Waals surface area (Å²) in [6.45, 7) is 2.69. The SMILES string of the molecule is CCC1(C)COC(c2cccc(OC(F)F)c2)CN1. The van der Waals surface area contributed by atoms with Crippen molar-refractivity contribution in [2.45, 2.75) is 38.5 Å². The van der Waals surface area contributed by atoms with Crippen molar-refractivity contribution in [2.24, 2.45) is 0 Å². The van der Waals surface area contributed by atoms with Crippen LogP contribution >= 0.6 is 0 Å². The molecular weight excluding hydrogens is 252 g/mol. The zero-order valence-electron chi connectivity index (χ0n) is 11.2. The Bertz CT molecular complexity index is 418. The summed E-state index contributed by atoms with van der Waals surface area (Å²) in [5.41, 5.74) is 0.844. The highest BCUT2D eigenvalue weighted by molar-refractivity contribution is 5.30. The number of hydrogen-bond donors (Lipinski definition) is 1. The van der Waals surface area contributed by atoms with Gasteiger partial charge < -0.3 is 14.8 Å². The van der Waals surface area contributed by atoms with Gasteiger partial charge in [0.05, 0.1) is 12.7 Å². The number of halogens is 2. The van der Waals surface area contributed by atoms with Crippen LogP contribution in [0.15, 0.2) is 24.3 Å². The largest absolute Gasteiger partial charge is 0.435 e. The second kappa shape index (κ2) is 5.84. The molecule has 1 N–H and O–H groups in total. The van der Waals surface area contributed by atoms with Gasteiger partial charge in [-0.1, -0.05) is 19.1 Å². The van der Waals surface area contributed by atoms with E-state index in [0.29, 0.717) is 13.2 Å². The van der Waals surface area contributed by atoms with Gasteiger partial charge in [0.25, 0.3) is 0 Å². The van der Waals surface area contributed by atoms with Crippen LogP contribution < -0.4 is 10.1 Å². The first kappa shape index (κ1) is 14.2. The molecule has 0 amide bonds. The molecule has 0 aliphatic carbocycles. The minimum atomic E-state index is -2.80. The maximum Gasteiger partial charge on any atom is 0.387 e. The molecule has 5 heteroatoms. The van der Waals surface area contributed by atoms with Crippen LogP contribution in [0.5, 0.6) is 5.75 Å². The molecule has 0 spiro atoms. The Morgan fingerprint density at radius 3 is 2.89 bits per heavy atom. The number of benzene rings is 1. The highest BCUT2D eigenvalue weighted by Gasteiger charge is 2.30. The Kier molecular flexibility index (Phi) is 4.37. The Morgan fingerprint density at radius 2 is 2.32 bits per heavy atom. The minimum absolute atomic E-state index is 0.00637. The van der Waals surface area contributed by atoms with E-state index in [0.717, 1.165) is 12.0 Å². The molecule has 1 aromatic rings. The molecule has 2 unspecified atom stereocenters. The van der Waals surface area contributed by atoms with Gasteiger partial charge in [-0.2, -0.15) is 8.78 Å². The van der Waals surface area contributed by atoms with Crippen molar-refractivity contribution in [3.05, 3.63) is 29.8 Å². The summed E-state index contributed by atoms with van der Waals surface area (Å²) in [6, 6.07) is 6.68. The van der Waals surface area contributed by atoms with E-state index in [1.807, 2.05) is 6.07 Å². The van der Waals surface area contributed by atoms with Gasteiger partial charge in [0.2, 0.25) is 0 Å². The number of nitrogens with one attached hydrogen (secondary N) is 1. The summed E-state index contributed by atoms with van der Waals surface area (Å²) in [6.07, 6.45) is 0.856.